The minimum Gasteiger partial charge on any atom is -0.330 e. The molecule has 1 aliphatic rings. The van der Waals surface area contributed by atoms with Crippen LogP contribution in [-0.2, 0) is 6.42 Å². The molecule has 2 aromatic heterocycles. The number of fused-ring (bicyclic) bond motifs is 1. The molecule has 2 aromatic rings. The fraction of sp³-hybridized carbons (Fsp3) is 0.333. The summed E-state index contributed by atoms with van der Waals surface area (Å²) in [5.74, 6) is 0.0231. The number of carbonyl (C=O) groups excluding carboxylic acids is 1. The predicted molar refractivity (Wildman–Crippen MR) is 84.0 cm³/mol. The normalized spacial score (nSPS) is 17.9. The molecule has 0 aromatic carbocycles. The van der Waals surface area contributed by atoms with E-state index in [2.05, 4.69) is 39.3 Å². The second-order valence-corrected chi connectivity index (χ2v) is 6.63. The Morgan fingerprint density at radius 1 is 1.50 bits per heavy atom. The zero-order chi connectivity index (χ0) is 14.1. The van der Waals surface area contributed by atoms with E-state index in [1.807, 2.05) is 17.0 Å². The Morgan fingerprint density at radius 3 is 3.10 bits per heavy atom. The highest BCUT2D eigenvalue weighted by Gasteiger charge is 2.31. The standard InChI is InChI=1S/C15H15BrN2OS/c1-2-12-10-7-9-20-13(10)6-8-18(12)15(19)11-4-3-5-14(16)17-11/h3-5,7,9,12H,2,6,8H2,1H3. The van der Waals surface area contributed by atoms with E-state index in [-0.39, 0.29) is 11.9 Å². The molecule has 1 aliphatic heterocycles. The van der Waals surface area contributed by atoms with E-state index in [9.17, 15) is 4.79 Å². The largest absolute Gasteiger partial charge is 0.330 e. The van der Waals surface area contributed by atoms with Gasteiger partial charge in [-0.15, -0.1) is 11.3 Å². The number of hydrogen-bond donors (Lipinski definition) is 0. The number of aromatic nitrogens is 1. The lowest BCUT2D eigenvalue weighted by Crippen LogP contribution is -2.39. The zero-order valence-corrected chi connectivity index (χ0v) is 13.6. The molecule has 104 valence electrons. The summed E-state index contributed by atoms with van der Waals surface area (Å²) in [5, 5.41) is 2.12. The van der Waals surface area contributed by atoms with Crippen LogP contribution in [0.2, 0.25) is 0 Å². The highest BCUT2D eigenvalue weighted by atomic mass is 79.9. The van der Waals surface area contributed by atoms with E-state index >= 15 is 0 Å². The van der Waals surface area contributed by atoms with Gasteiger partial charge in [0.05, 0.1) is 6.04 Å². The van der Waals surface area contributed by atoms with Crippen LogP contribution in [0.25, 0.3) is 0 Å². The number of nitrogens with zero attached hydrogens (tertiary/aromatic N) is 2. The summed E-state index contributed by atoms with van der Waals surface area (Å²) in [6.07, 6.45) is 1.88. The first-order valence-corrected chi connectivity index (χ1v) is 8.37. The van der Waals surface area contributed by atoms with Gasteiger partial charge >= 0.3 is 0 Å². The Kier molecular flexibility index (Phi) is 3.89. The first-order valence-electron chi connectivity index (χ1n) is 6.70. The topological polar surface area (TPSA) is 33.2 Å². The van der Waals surface area contributed by atoms with E-state index in [1.165, 1.54) is 10.4 Å². The van der Waals surface area contributed by atoms with E-state index in [4.69, 9.17) is 0 Å². The minimum absolute atomic E-state index is 0.0231. The van der Waals surface area contributed by atoms with Crippen LogP contribution < -0.4 is 0 Å². The first-order chi connectivity index (χ1) is 9.70. The molecular weight excluding hydrogens is 336 g/mol. The third-order valence-electron chi connectivity index (χ3n) is 3.68. The Bertz CT molecular complexity index is 640. The quantitative estimate of drug-likeness (QED) is 0.765. The predicted octanol–water partition coefficient (Wildman–Crippen LogP) is 4.06. The summed E-state index contributed by atoms with van der Waals surface area (Å²) in [6.45, 7) is 2.91. The molecule has 0 bridgehead atoms. The van der Waals surface area contributed by atoms with Crippen molar-refractivity contribution in [1.29, 1.82) is 0 Å². The van der Waals surface area contributed by atoms with E-state index in [1.54, 1.807) is 17.4 Å². The van der Waals surface area contributed by atoms with Crippen molar-refractivity contribution in [2.75, 3.05) is 6.54 Å². The molecule has 0 fully saturated rings. The molecule has 0 radical (unpaired) electrons. The fourth-order valence-corrected chi connectivity index (χ4v) is 4.03. The maximum absolute atomic E-state index is 12.7. The summed E-state index contributed by atoms with van der Waals surface area (Å²) in [4.78, 5) is 20.4. The lowest BCUT2D eigenvalue weighted by Gasteiger charge is -2.35. The van der Waals surface area contributed by atoms with Gasteiger partial charge in [0.1, 0.15) is 10.3 Å². The molecule has 0 aliphatic carbocycles. The third-order valence-corrected chi connectivity index (χ3v) is 5.11. The van der Waals surface area contributed by atoms with Crippen LogP contribution >= 0.6 is 27.3 Å². The van der Waals surface area contributed by atoms with Crippen molar-refractivity contribution in [3.8, 4) is 0 Å². The van der Waals surface area contributed by atoms with Crippen molar-refractivity contribution in [3.63, 3.8) is 0 Å². The molecule has 1 atom stereocenters. The number of rotatable bonds is 2. The monoisotopic (exact) mass is 350 g/mol. The first kappa shape index (κ1) is 13.8. The number of hydrogen-bond acceptors (Lipinski definition) is 3. The Hall–Kier alpha value is -1.20. The van der Waals surface area contributed by atoms with Crippen molar-refractivity contribution >= 4 is 33.2 Å². The number of pyridine rings is 1. The molecule has 1 unspecified atom stereocenters. The Balaban J connectivity index is 1.92. The van der Waals surface area contributed by atoms with Crippen LogP contribution in [0.4, 0.5) is 0 Å². The average molecular weight is 351 g/mol. The van der Waals surface area contributed by atoms with Crippen LogP contribution in [-0.4, -0.2) is 22.3 Å². The maximum Gasteiger partial charge on any atom is 0.273 e. The molecule has 3 rings (SSSR count). The van der Waals surface area contributed by atoms with Crippen LogP contribution in [0.3, 0.4) is 0 Å². The van der Waals surface area contributed by atoms with Gasteiger partial charge in [0, 0.05) is 11.4 Å². The van der Waals surface area contributed by atoms with Gasteiger partial charge in [-0.1, -0.05) is 13.0 Å². The van der Waals surface area contributed by atoms with Crippen molar-refractivity contribution in [1.82, 2.24) is 9.88 Å². The summed E-state index contributed by atoms with van der Waals surface area (Å²) in [6, 6.07) is 7.80. The third kappa shape index (κ3) is 2.40. The molecule has 3 heterocycles. The van der Waals surface area contributed by atoms with Gasteiger partial charge in [-0.3, -0.25) is 4.79 Å². The minimum atomic E-state index is 0.0231. The van der Waals surface area contributed by atoms with Gasteiger partial charge in [-0.2, -0.15) is 0 Å². The van der Waals surface area contributed by atoms with E-state index in [0.29, 0.717) is 10.3 Å². The van der Waals surface area contributed by atoms with E-state index < -0.39 is 0 Å². The molecule has 20 heavy (non-hydrogen) atoms. The number of halogens is 1. The Morgan fingerprint density at radius 2 is 2.35 bits per heavy atom. The van der Waals surface area contributed by atoms with Crippen LogP contribution in [0.1, 0.15) is 40.3 Å². The van der Waals surface area contributed by atoms with Crippen molar-refractivity contribution < 1.29 is 4.79 Å². The van der Waals surface area contributed by atoms with E-state index in [0.717, 1.165) is 19.4 Å². The number of thiophene rings is 1. The van der Waals surface area contributed by atoms with Gasteiger partial charge in [-0.05, 0) is 57.9 Å². The fourth-order valence-electron chi connectivity index (χ4n) is 2.75. The van der Waals surface area contributed by atoms with Crippen LogP contribution in [0.5, 0.6) is 0 Å². The zero-order valence-electron chi connectivity index (χ0n) is 11.2. The van der Waals surface area contributed by atoms with Crippen molar-refractivity contribution in [2.24, 2.45) is 0 Å². The average Bonchev–Trinajstić information content (AvgIpc) is 2.93. The van der Waals surface area contributed by atoms with Crippen molar-refractivity contribution in [2.45, 2.75) is 25.8 Å². The number of amides is 1. The molecule has 0 N–H and O–H groups in total. The molecule has 5 heteroatoms. The number of carbonyl (C=O) groups is 1. The molecule has 0 saturated carbocycles. The molecule has 1 amide bonds. The van der Waals surface area contributed by atoms with Gasteiger partial charge in [0.15, 0.2) is 0 Å². The molecule has 3 nitrogen and oxygen atoms in total. The maximum atomic E-state index is 12.7. The molecule has 0 saturated heterocycles. The smallest absolute Gasteiger partial charge is 0.273 e. The lowest BCUT2D eigenvalue weighted by atomic mass is 9.97. The summed E-state index contributed by atoms with van der Waals surface area (Å²) in [5.41, 5.74) is 1.82. The summed E-state index contributed by atoms with van der Waals surface area (Å²) >= 11 is 5.12. The highest BCUT2D eigenvalue weighted by Crippen LogP contribution is 2.35. The van der Waals surface area contributed by atoms with Gasteiger partial charge in [0.2, 0.25) is 0 Å². The van der Waals surface area contributed by atoms with Crippen LogP contribution in [0, 0.1) is 0 Å². The molecular formula is C15H15BrN2OS. The molecule has 0 spiro atoms. The van der Waals surface area contributed by atoms with Gasteiger partial charge in [-0.25, -0.2) is 4.98 Å². The SMILES string of the molecule is CCC1c2ccsc2CCN1C(=O)c1cccc(Br)n1. The highest BCUT2D eigenvalue weighted by molar-refractivity contribution is 9.10. The van der Waals surface area contributed by atoms with Crippen molar-refractivity contribution in [3.05, 3.63) is 50.4 Å². The van der Waals surface area contributed by atoms with Gasteiger partial charge < -0.3 is 4.90 Å². The Labute approximate surface area is 130 Å². The van der Waals surface area contributed by atoms with Crippen LogP contribution in [0.15, 0.2) is 34.2 Å². The summed E-state index contributed by atoms with van der Waals surface area (Å²) < 4.78 is 0.699. The lowest BCUT2D eigenvalue weighted by molar-refractivity contribution is 0.0651. The second kappa shape index (κ2) is 5.66. The summed E-state index contributed by atoms with van der Waals surface area (Å²) in [7, 11) is 0. The second-order valence-electron chi connectivity index (χ2n) is 4.82. The van der Waals surface area contributed by atoms with Gasteiger partial charge in [0.25, 0.3) is 5.91 Å².